The molecule has 0 radical (unpaired) electrons. The van der Waals surface area contributed by atoms with Crippen molar-refractivity contribution in [2.45, 2.75) is 0 Å². The number of hydrogen-bond donors (Lipinski definition) is 0. The van der Waals surface area contributed by atoms with Gasteiger partial charge in [0.15, 0.2) is 5.69 Å². The molecule has 1 heterocycles. The number of nitrogens with zero attached hydrogens (tertiary/aromatic N) is 1. The molecular weight excluding hydrogens is 400 g/mol. The average molecular weight is 408 g/mol. The molecule has 98 valence electrons. The lowest BCUT2D eigenvalue weighted by molar-refractivity contribution is 0.0593. The molecule has 0 atom stereocenters. The predicted molar refractivity (Wildman–Crippen MR) is 83.7 cm³/mol. The lowest BCUT2D eigenvalue weighted by atomic mass is 10.1. The van der Waals surface area contributed by atoms with Gasteiger partial charge >= 0.3 is 5.97 Å². The third-order valence-corrected chi connectivity index (χ3v) is 4.12. The number of esters is 1. The smallest absolute Gasteiger partial charge is 0.357 e. The van der Waals surface area contributed by atoms with Crippen LogP contribution in [0.15, 0.2) is 30.5 Å². The lowest BCUT2D eigenvalue weighted by Crippen LogP contribution is -2.06. The molecule has 3 nitrogen and oxygen atoms in total. The highest BCUT2D eigenvalue weighted by atomic mass is 127. The van der Waals surface area contributed by atoms with Gasteiger partial charge in [0.2, 0.25) is 0 Å². The first-order valence-electron chi connectivity index (χ1n) is 5.23. The van der Waals surface area contributed by atoms with Gasteiger partial charge in [-0.3, -0.25) is 0 Å². The number of rotatable bonds is 2. The maximum absolute atomic E-state index is 11.5. The fourth-order valence-corrected chi connectivity index (χ4v) is 2.66. The molecular formula is C13H8Cl2INO2. The van der Waals surface area contributed by atoms with Crippen molar-refractivity contribution in [3.8, 4) is 11.1 Å². The summed E-state index contributed by atoms with van der Waals surface area (Å²) in [7, 11) is 1.32. The molecule has 6 heteroatoms. The third kappa shape index (κ3) is 3.01. The molecule has 0 saturated carbocycles. The van der Waals surface area contributed by atoms with Gasteiger partial charge in [0.05, 0.1) is 17.2 Å². The van der Waals surface area contributed by atoms with Crippen LogP contribution in [0.3, 0.4) is 0 Å². The average Bonchev–Trinajstić information content (AvgIpc) is 2.41. The zero-order chi connectivity index (χ0) is 14.0. The summed E-state index contributed by atoms with van der Waals surface area (Å²) in [6.07, 6.45) is 1.58. The maximum Gasteiger partial charge on any atom is 0.357 e. The second-order valence-electron chi connectivity index (χ2n) is 3.65. The number of hydrogen-bond acceptors (Lipinski definition) is 3. The van der Waals surface area contributed by atoms with E-state index in [1.165, 1.54) is 7.11 Å². The normalized spacial score (nSPS) is 10.3. The third-order valence-electron chi connectivity index (χ3n) is 2.48. The van der Waals surface area contributed by atoms with Gasteiger partial charge in [-0.25, -0.2) is 9.78 Å². The van der Waals surface area contributed by atoms with Crippen molar-refractivity contribution in [1.82, 2.24) is 4.98 Å². The minimum Gasteiger partial charge on any atom is -0.464 e. The SMILES string of the molecule is COC(=O)c1ncc(-c2cccc(Cl)c2Cl)cc1I. The largest absolute Gasteiger partial charge is 0.464 e. The fourth-order valence-electron chi connectivity index (χ4n) is 1.56. The number of halogens is 3. The molecule has 0 spiro atoms. The van der Waals surface area contributed by atoms with Crippen molar-refractivity contribution >= 4 is 51.8 Å². The molecule has 0 N–H and O–H groups in total. The van der Waals surface area contributed by atoms with Crippen LogP contribution in [0, 0.1) is 3.57 Å². The molecule has 0 amide bonds. The van der Waals surface area contributed by atoms with Gasteiger partial charge in [0.25, 0.3) is 0 Å². The highest BCUT2D eigenvalue weighted by Crippen LogP contribution is 2.33. The van der Waals surface area contributed by atoms with Gasteiger partial charge in [-0.05, 0) is 34.7 Å². The van der Waals surface area contributed by atoms with Crippen molar-refractivity contribution in [2.24, 2.45) is 0 Å². The van der Waals surface area contributed by atoms with Crippen LogP contribution in [0.5, 0.6) is 0 Å². The van der Waals surface area contributed by atoms with E-state index in [0.717, 1.165) is 11.1 Å². The Balaban J connectivity index is 2.51. The number of carbonyl (C=O) groups is 1. The molecule has 2 rings (SSSR count). The summed E-state index contributed by atoms with van der Waals surface area (Å²) in [5.41, 5.74) is 1.85. The van der Waals surface area contributed by atoms with E-state index in [2.05, 4.69) is 9.72 Å². The number of ether oxygens (including phenoxy) is 1. The standard InChI is InChI=1S/C13H8Cl2INO2/c1-19-13(18)12-10(16)5-7(6-17-12)8-3-2-4-9(14)11(8)15/h2-6H,1H3. The molecule has 0 aliphatic carbocycles. The number of methoxy groups -OCH3 is 1. The number of aromatic nitrogens is 1. The van der Waals surface area contributed by atoms with Gasteiger partial charge < -0.3 is 4.74 Å². The van der Waals surface area contributed by atoms with Crippen LogP contribution in [0.1, 0.15) is 10.5 Å². The molecule has 2 aromatic rings. The minimum atomic E-state index is -0.465. The van der Waals surface area contributed by atoms with E-state index in [1.54, 1.807) is 12.3 Å². The Morgan fingerprint density at radius 2 is 2.11 bits per heavy atom. The van der Waals surface area contributed by atoms with E-state index in [0.29, 0.717) is 13.6 Å². The Bertz CT molecular complexity index is 647. The van der Waals surface area contributed by atoms with Crippen LogP contribution in [-0.4, -0.2) is 18.1 Å². The fraction of sp³-hybridized carbons (Fsp3) is 0.0769. The topological polar surface area (TPSA) is 39.2 Å². The van der Waals surface area contributed by atoms with Gasteiger partial charge in [0.1, 0.15) is 0 Å². The molecule has 1 aromatic heterocycles. The second-order valence-corrected chi connectivity index (χ2v) is 5.59. The Morgan fingerprint density at radius 1 is 1.37 bits per heavy atom. The predicted octanol–water partition coefficient (Wildman–Crippen LogP) is 4.45. The van der Waals surface area contributed by atoms with Crippen LogP contribution in [0.25, 0.3) is 11.1 Å². The molecule has 1 aromatic carbocycles. The summed E-state index contributed by atoms with van der Waals surface area (Å²) in [5.74, 6) is -0.465. The summed E-state index contributed by atoms with van der Waals surface area (Å²) < 4.78 is 5.34. The zero-order valence-corrected chi connectivity index (χ0v) is 13.5. The summed E-state index contributed by atoms with van der Waals surface area (Å²) >= 11 is 14.2. The second kappa shape index (κ2) is 6.07. The molecule has 19 heavy (non-hydrogen) atoms. The van der Waals surface area contributed by atoms with Crippen molar-refractivity contribution in [3.05, 3.63) is 49.8 Å². The van der Waals surface area contributed by atoms with Gasteiger partial charge in [-0.15, -0.1) is 0 Å². The van der Waals surface area contributed by atoms with E-state index in [-0.39, 0.29) is 5.69 Å². The van der Waals surface area contributed by atoms with Crippen molar-refractivity contribution in [3.63, 3.8) is 0 Å². The number of pyridine rings is 1. The highest BCUT2D eigenvalue weighted by Gasteiger charge is 2.14. The molecule has 0 aliphatic heterocycles. The van der Waals surface area contributed by atoms with E-state index in [9.17, 15) is 4.79 Å². The Labute approximate surface area is 134 Å². The first-order valence-corrected chi connectivity index (χ1v) is 7.06. The quantitative estimate of drug-likeness (QED) is 0.545. The highest BCUT2D eigenvalue weighted by molar-refractivity contribution is 14.1. The van der Waals surface area contributed by atoms with Crippen molar-refractivity contribution < 1.29 is 9.53 Å². The van der Waals surface area contributed by atoms with E-state index in [4.69, 9.17) is 23.2 Å². The summed E-state index contributed by atoms with van der Waals surface area (Å²) in [5, 5.41) is 0.943. The first kappa shape index (κ1) is 14.6. The Hall–Kier alpha value is -0.850. The lowest BCUT2D eigenvalue weighted by Gasteiger charge is -2.08. The number of benzene rings is 1. The number of carbonyl (C=O) groups excluding carboxylic acids is 1. The molecule has 0 unspecified atom stereocenters. The van der Waals surface area contributed by atoms with E-state index >= 15 is 0 Å². The summed E-state index contributed by atoms with van der Waals surface area (Å²) in [6.45, 7) is 0. The Kier molecular flexibility index (Phi) is 4.65. The zero-order valence-electron chi connectivity index (χ0n) is 9.78. The van der Waals surface area contributed by atoms with E-state index < -0.39 is 5.97 Å². The minimum absolute atomic E-state index is 0.282. The van der Waals surface area contributed by atoms with Crippen LogP contribution < -0.4 is 0 Å². The Morgan fingerprint density at radius 3 is 2.74 bits per heavy atom. The van der Waals surface area contributed by atoms with Crippen LogP contribution in [0.2, 0.25) is 10.0 Å². The van der Waals surface area contributed by atoms with Gasteiger partial charge in [0, 0.05) is 20.9 Å². The monoisotopic (exact) mass is 407 g/mol. The van der Waals surface area contributed by atoms with E-state index in [1.807, 2.05) is 40.8 Å². The van der Waals surface area contributed by atoms with Gasteiger partial charge in [-0.1, -0.05) is 35.3 Å². The van der Waals surface area contributed by atoms with Crippen LogP contribution >= 0.6 is 45.8 Å². The molecule has 0 fully saturated rings. The van der Waals surface area contributed by atoms with Crippen molar-refractivity contribution in [1.29, 1.82) is 0 Å². The van der Waals surface area contributed by atoms with Gasteiger partial charge in [-0.2, -0.15) is 0 Å². The maximum atomic E-state index is 11.5. The molecule has 0 bridgehead atoms. The molecule has 0 aliphatic rings. The summed E-state index contributed by atoms with van der Waals surface area (Å²) in [6, 6.07) is 7.19. The van der Waals surface area contributed by atoms with Crippen LogP contribution in [-0.2, 0) is 4.74 Å². The van der Waals surface area contributed by atoms with Crippen molar-refractivity contribution in [2.75, 3.05) is 7.11 Å². The first-order chi connectivity index (χ1) is 9.04. The summed E-state index contributed by atoms with van der Waals surface area (Å²) in [4.78, 5) is 15.6. The van der Waals surface area contributed by atoms with Crippen LogP contribution in [0.4, 0.5) is 0 Å². The molecule has 0 saturated heterocycles.